The maximum absolute atomic E-state index is 12.9. The average molecular weight is 525 g/mol. The molecule has 0 spiro atoms. The molecule has 0 unspecified atom stereocenters. The van der Waals surface area contributed by atoms with Gasteiger partial charge in [0.05, 0.1) is 13.1 Å². The highest BCUT2D eigenvalue weighted by Gasteiger charge is 2.18. The van der Waals surface area contributed by atoms with Crippen molar-refractivity contribution < 1.29 is 9.59 Å². The van der Waals surface area contributed by atoms with Gasteiger partial charge >= 0.3 is 0 Å². The second-order valence-electron chi connectivity index (χ2n) is 7.87. The van der Waals surface area contributed by atoms with E-state index in [4.69, 9.17) is 6.42 Å². The van der Waals surface area contributed by atoms with Crippen molar-refractivity contribution >= 4 is 58.1 Å². The normalized spacial score (nSPS) is 14.9. The monoisotopic (exact) mass is 524 g/mol. The molecule has 2 aromatic rings. The molecule has 0 aliphatic carbocycles. The summed E-state index contributed by atoms with van der Waals surface area (Å²) in [6, 6.07) is 9.22. The van der Waals surface area contributed by atoms with E-state index in [-0.39, 0.29) is 28.2 Å². The summed E-state index contributed by atoms with van der Waals surface area (Å²) in [5.74, 6) is 3.76. The molecule has 1 aliphatic heterocycles. The van der Waals surface area contributed by atoms with E-state index in [0.717, 1.165) is 41.6 Å². The molecule has 1 aromatic carbocycles. The molecular formula is C25H28N6O3S2. The smallest absolute Gasteiger partial charge is 0.270 e. The molecule has 1 aromatic heterocycles. The van der Waals surface area contributed by atoms with Crippen LogP contribution in [-0.4, -0.2) is 66.0 Å². The number of hydrogen-bond donors (Lipinski definition) is 2. The van der Waals surface area contributed by atoms with Gasteiger partial charge in [-0.25, -0.2) is 0 Å². The van der Waals surface area contributed by atoms with Gasteiger partial charge in [-0.15, -0.1) is 17.8 Å². The van der Waals surface area contributed by atoms with Crippen LogP contribution >= 0.6 is 23.1 Å². The molecule has 1 aliphatic rings. The minimum Gasteiger partial charge on any atom is -0.360 e. The Bertz CT molecular complexity index is 1380. The van der Waals surface area contributed by atoms with Crippen LogP contribution in [0.4, 0.5) is 11.4 Å². The topological polar surface area (TPSA) is 110 Å². The first-order chi connectivity index (χ1) is 17.4. The maximum Gasteiger partial charge on any atom is 0.270 e. The fourth-order valence-corrected chi connectivity index (χ4v) is 5.63. The predicted octanol–water partition coefficient (Wildman–Crippen LogP) is 0.215. The Morgan fingerprint density at radius 3 is 2.72 bits per heavy atom. The first-order valence-electron chi connectivity index (χ1n) is 11.4. The number of carbonyl (C=O) groups excluding carboxylic acids is 2. The lowest BCUT2D eigenvalue weighted by atomic mass is 10.2. The van der Waals surface area contributed by atoms with Gasteiger partial charge in [0.1, 0.15) is 15.3 Å². The highest BCUT2D eigenvalue weighted by atomic mass is 32.2. The quantitative estimate of drug-likeness (QED) is 0.475. The second-order valence-corrected chi connectivity index (χ2v) is 10.1. The van der Waals surface area contributed by atoms with Crippen molar-refractivity contribution in [1.82, 2.24) is 14.8 Å². The molecule has 1 fully saturated rings. The number of terminal acetylenes is 1. The number of thioether (sulfide) groups is 1. The summed E-state index contributed by atoms with van der Waals surface area (Å²) in [4.78, 5) is 41.8. The molecule has 2 amide bonds. The van der Waals surface area contributed by atoms with E-state index in [2.05, 4.69) is 21.5 Å². The summed E-state index contributed by atoms with van der Waals surface area (Å²) in [5, 5.41) is 15.1. The molecule has 9 nitrogen and oxygen atoms in total. The van der Waals surface area contributed by atoms with E-state index in [1.54, 1.807) is 25.1 Å². The van der Waals surface area contributed by atoms with Crippen molar-refractivity contribution in [3.05, 3.63) is 43.8 Å². The lowest BCUT2D eigenvalue weighted by Crippen LogP contribution is -2.42. The van der Waals surface area contributed by atoms with Crippen LogP contribution in [0.2, 0.25) is 0 Å². The van der Waals surface area contributed by atoms with Crippen molar-refractivity contribution in [3.8, 4) is 18.4 Å². The number of rotatable bonds is 8. The van der Waals surface area contributed by atoms with E-state index in [9.17, 15) is 19.6 Å². The van der Waals surface area contributed by atoms with Crippen LogP contribution in [0.25, 0.3) is 11.8 Å². The van der Waals surface area contributed by atoms with Crippen LogP contribution in [0, 0.1) is 23.7 Å². The Morgan fingerprint density at radius 2 is 2.06 bits per heavy atom. The minimum atomic E-state index is -0.623. The molecule has 0 bridgehead atoms. The molecule has 2 heterocycles. The van der Waals surface area contributed by atoms with Crippen molar-refractivity contribution in [2.24, 2.45) is 0 Å². The van der Waals surface area contributed by atoms with E-state index < -0.39 is 5.91 Å². The van der Waals surface area contributed by atoms with Gasteiger partial charge in [-0.1, -0.05) is 12.0 Å². The number of anilines is 2. The van der Waals surface area contributed by atoms with E-state index in [1.807, 2.05) is 42.1 Å². The maximum atomic E-state index is 12.9. The van der Waals surface area contributed by atoms with Crippen molar-refractivity contribution in [2.75, 3.05) is 54.9 Å². The molecule has 0 atom stereocenters. The lowest BCUT2D eigenvalue weighted by molar-refractivity contribution is -0.119. The first kappa shape index (κ1) is 27.1. The first-order valence-corrected chi connectivity index (χ1v) is 13.4. The third-order valence-corrected chi connectivity index (χ3v) is 7.64. The molecule has 11 heteroatoms. The minimum absolute atomic E-state index is 0.0134. The number of carbonyl (C=O) groups is 2. The number of nitrogens with zero attached hydrogens (tertiary/aromatic N) is 4. The highest BCUT2D eigenvalue weighted by molar-refractivity contribution is 7.99. The zero-order valence-electron chi connectivity index (χ0n) is 20.2. The molecule has 2 N–H and O–H groups in total. The lowest BCUT2D eigenvalue weighted by Gasteiger charge is -2.27. The standard InChI is InChI=1S/C25H28N6O3S2/c1-4-9-27-23(33)20(15-26)25-31(5-2)24(34)21(36-25)16-28-18-7-6-8-19(14-18)29(3)22(32)17-30-10-12-35-13-11-30/h1,6-8,14,16,28H,5,9-13,17H2,2-3H3,(H,27,33). The molecular weight excluding hydrogens is 496 g/mol. The van der Waals surface area contributed by atoms with Crippen molar-refractivity contribution in [3.63, 3.8) is 0 Å². The molecule has 3 rings (SSSR count). The second kappa shape index (κ2) is 13.0. The number of hydrogen-bond acceptors (Lipinski definition) is 8. The number of amides is 2. The van der Waals surface area contributed by atoms with Crippen molar-refractivity contribution in [2.45, 2.75) is 13.5 Å². The Morgan fingerprint density at radius 1 is 1.31 bits per heavy atom. The van der Waals surface area contributed by atoms with E-state index >= 15 is 0 Å². The summed E-state index contributed by atoms with van der Waals surface area (Å²) >= 11 is 2.95. The summed E-state index contributed by atoms with van der Waals surface area (Å²) in [5.41, 5.74) is 0.942. The van der Waals surface area contributed by atoms with Gasteiger partial charge in [-0.05, 0) is 25.1 Å². The largest absolute Gasteiger partial charge is 0.360 e. The Hall–Kier alpha value is -3.51. The molecule has 188 valence electrons. The van der Waals surface area contributed by atoms with E-state index in [0.29, 0.717) is 23.3 Å². The summed E-state index contributed by atoms with van der Waals surface area (Å²) in [7, 11) is 1.75. The number of likely N-dealkylation sites (N-methyl/N-ethyl adjacent to an activating group) is 1. The van der Waals surface area contributed by atoms with Crippen LogP contribution in [0.5, 0.6) is 0 Å². The van der Waals surface area contributed by atoms with Gasteiger partial charge < -0.3 is 15.5 Å². The zero-order valence-corrected chi connectivity index (χ0v) is 21.9. The van der Waals surface area contributed by atoms with Crippen LogP contribution < -0.4 is 30.3 Å². The SMILES string of the molecule is C#CCNC(=O)C(C#N)=c1sc(=CNc2cccc(N(C)C(=O)CN3CCSCC3)c2)c(=O)n1CC. The summed E-state index contributed by atoms with van der Waals surface area (Å²) in [6.07, 6.45) is 6.72. The van der Waals surface area contributed by atoms with Crippen LogP contribution in [0.1, 0.15) is 6.92 Å². The Balaban J connectivity index is 1.84. The van der Waals surface area contributed by atoms with Crippen LogP contribution in [-0.2, 0) is 16.1 Å². The van der Waals surface area contributed by atoms with Crippen LogP contribution in [0.15, 0.2) is 29.1 Å². The number of nitriles is 1. The Kier molecular flexibility index (Phi) is 9.77. The van der Waals surface area contributed by atoms with E-state index in [1.165, 1.54) is 4.57 Å². The number of aromatic nitrogens is 1. The van der Waals surface area contributed by atoms with Gasteiger partial charge in [-0.2, -0.15) is 17.0 Å². The molecule has 36 heavy (non-hydrogen) atoms. The fourth-order valence-electron chi connectivity index (χ4n) is 3.56. The molecule has 0 saturated carbocycles. The van der Waals surface area contributed by atoms with Gasteiger partial charge in [0.15, 0.2) is 5.57 Å². The number of benzene rings is 1. The third kappa shape index (κ3) is 6.58. The highest BCUT2D eigenvalue weighted by Crippen LogP contribution is 2.19. The number of thiazole rings is 1. The average Bonchev–Trinajstić information content (AvgIpc) is 3.21. The van der Waals surface area contributed by atoms with Gasteiger partial charge in [0, 0.05) is 55.8 Å². The van der Waals surface area contributed by atoms with Gasteiger partial charge in [0.25, 0.3) is 11.5 Å². The van der Waals surface area contributed by atoms with Crippen molar-refractivity contribution in [1.29, 1.82) is 5.26 Å². The molecule has 1 saturated heterocycles. The Labute approximate surface area is 218 Å². The molecule has 0 radical (unpaired) electrons. The summed E-state index contributed by atoms with van der Waals surface area (Å²) < 4.78 is 1.98. The number of nitrogens with one attached hydrogen (secondary N) is 2. The fraction of sp³-hybridized carbons (Fsp3) is 0.360. The zero-order chi connectivity index (χ0) is 26.1. The van der Waals surface area contributed by atoms with Crippen LogP contribution in [0.3, 0.4) is 0 Å². The summed E-state index contributed by atoms with van der Waals surface area (Å²) in [6.45, 7) is 4.25. The van der Waals surface area contributed by atoms with Gasteiger partial charge in [0.2, 0.25) is 5.91 Å². The van der Waals surface area contributed by atoms with Gasteiger partial charge in [-0.3, -0.25) is 23.9 Å². The third-order valence-electron chi connectivity index (χ3n) is 5.57. The predicted molar refractivity (Wildman–Crippen MR) is 146 cm³/mol.